The summed E-state index contributed by atoms with van der Waals surface area (Å²) in [6.45, 7) is 6.70. The normalized spacial score (nSPS) is 10.9. The van der Waals surface area contributed by atoms with E-state index in [9.17, 15) is 0 Å². The molecule has 0 amide bonds. The van der Waals surface area contributed by atoms with Gasteiger partial charge in [0.25, 0.3) is 0 Å². The van der Waals surface area contributed by atoms with Crippen molar-refractivity contribution >= 4 is 23.5 Å². The molecule has 0 aliphatic heterocycles. The fourth-order valence-corrected chi connectivity index (χ4v) is 2.11. The Bertz CT molecular complexity index is 653. The van der Waals surface area contributed by atoms with Crippen LogP contribution in [0.25, 0.3) is 0 Å². The molecular weight excluding hydrogens is 284 g/mol. The van der Waals surface area contributed by atoms with Gasteiger partial charge in [-0.3, -0.25) is 5.43 Å². The molecule has 2 rings (SSSR count). The van der Waals surface area contributed by atoms with Crippen LogP contribution in [0.4, 0.5) is 5.69 Å². The molecule has 0 aromatic heterocycles. The number of ether oxygens (including phenoxy) is 1. The molecule has 0 heterocycles. The van der Waals surface area contributed by atoms with E-state index in [1.54, 1.807) is 6.21 Å². The number of anilines is 1. The molecule has 4 heteroatoms. The van der Waals surface area contributed by atoms with Crippen molar-refractivity contribution in [2.24, 2.45) is 5.10 Å². The maximum atomic E-state index is 6.14. The highest BCUT2D eigenvalue weighted by molar-refractivity contribution is 6.32. The third-order valence-electron chi connectivity index (χ3n) is 3.17. The van der Waals surface area contributed by atoms with Gasteiger partial charge in [-0.25, -0.2) is 0 Å². The highest BCUT2D eigenvalue weighted by Gasteiger charge is 2.01. The summed E-state index contributed by atoms with van der Waals surface area (Å²) < 4.78 is 5.40. The van der Waals surface area contributed by atoms with Gasteiger partial charge in [0.1, 0.15) is 5.75 Å². The fourth-order valence-electron chi connectivity index (χ4n) is 1.86. The number of benzene rings is 2. The maximum absolute atomic E-state index is 6.14. The van der Waals surface area contributed by atoms with Gasteiger partial charge in [0.15, 0.2) is 0 Å². The van der Waals surface area contributed by atoms with E-state index in [1.165, 1.54) is 11.1 Å². The first-order valence-electron chi connectivity index (χ1n) is 6.89. The molecule has 0 unspecified atom stereocenters. The summed E-state index contributed by atoms with van der Waals surface area (Å²) in [7, 11) is 0. The lowest BCUT2D eigenvalue weighted by molar-refractivity contribution is 0.340. The summed E-state index contributed by atoms with van der Waals surface area (Å²) in [4.78, 5) is 0. The summed E-state index contributed by atoms with van der Waals surface area (Å²) in [5.74, 6) is 0.693. The number of hydrazone groups is 1. The van der Waals surface area contributed by atoms with Crippen LogP contribution in [-0.4, -0.2) is 12.8 Å². The van der Waals surface area contributed by atoms with Gasteiger partial charge in [-0.2, -0.15) is 5.10 Å². The highest BCUT2D eigenvalue weighted by Crippen LogP contribution is 2.24. The summed E-state index contributed by atoms with van der Waals surface area (Å²) in [5, 5.41) is 4.81. The molecule has 0 spiro atoms. The van der Waals surface area contributed by atoms with Crippen LogP contribution < -0.4 is 10.2 Å². The largest absolute Gasteiger partial charge is 0.492 e. The first kappa shape index (κ1) is 15.4. The number of halogens is 1. The van der Waals surface area contributed by atoms with Crippen LogP contribution in [0.5, 0.6) is 5.75 Å². The Hall–Kier alpha value is -2.00. The second-order valence-electron chi connectivity index (χ2n) is 4.79. The van der Waals surface area contributed by atoms with Crippen molar-refractivity contribution in [2.45, 2.75) is 20.8 Å². The van der Waals surface area contributed by atoms with Gasteiger partial charge in [0.05, 0.1) is 23.5 Å². The second kappa shape index (κ2) is 7.14. The van der Waals surface area contributed by atoms with Crippen molar-refractivity contribution in [1.29, 1.82) is 0 Å². The van der Waals surface area contributed by atoms with Gasteiger partial charge in [-0.15, -0.1) is 0 Å². The van der Waals surface area contributed by atoms with Crippen LogP contribution in [0.2, 0.25) is 5.02 Å². The van der Waals surface area contributed by atoms with Gasteiger partial charge >= 0.3 is 0 Å². The number of nitrogens with one attached hydrogen (secondary N) is 1. The zero-order valence-electron chi connectivity index (χ0n) is 12.5. The van der Waals surface area contributed by atoms with Crippen LogP contribution in [0.15, 0.2) is 41.5 Å². The summed E-state index contributed by atoms with van der Waals surface area (Å²) in [6.07, 6.45) is 1.73. The van der Waals surface area contributed by atoms with E-state index in [-0.39, 0.29) is 0 Å². The van der Waals surface area contributed by atoms with E-state index in [4.69, 9.17) is 16.3 Å². The van der Waals surface area contributed by atoms with Crippen LogP contribution >= 0.6 is 11.6 Å². The molecule has 2 aromatic carbocycles. The molecular formula is C17H19ClN2O. The Morgan fingerprint density at radius 1 is 1.14 bits per heavy atom. The third kappa shape index (κ3) is 4.23. The van der Waals surface area contributed by atoms with Crippen molar-refractivity contribution < 1.29 is 4.74 Å². The maximum Gasteiger partial charge on any atom is 0.137 e. The lowest BCUT2D eigenvalue weighted by Crippen LogP contribution is -1.94. The molecule has 0 radical (unpaired) electrons. The molecule has 110 valence electrons. The molecule has 0 fully saturated rings. The molecule has 0 saturated carbocycles. The Balaban J connectivity index is 2.04. The molecule has 0 atom stereocenters. The standard InChI is InChI=1S/C17H19ClN2O/c1-4-21-17-8-6-14(10-16(17)18)11-19-20-15-7-5-12(2)13(3)9-15/h5-11,20H,4H2,1-3H3/b19-11+. The van der Waals surface area contributed by atoms with Gasteiger partial charge in [-0.05, 0) is 67.8 Å². The lowest BCUT2D eigenvalue weighted by atomic mass is 10.1. The third-order valence-corrected chi connectivity index (χ3v) is 3.47. The molecule has 0 bridgehead atoms. The number of hydrogen-bond donors (Lipinski definition) is 1. The topological polar surface area (TPSA) is 33.6 Å². The monoisotopic (exact) mass is 302 g/mol. The Morgan fingerprint density at radius 3 is 2.62 bits per heavy atom. The summed E-state index contributed by atoms with van der Waals surface area (Å²) in [6, 6.07) is 11.7. The molecule has 3 nitrogen and oxygen atoms in total. The average Bonchev–Trinajstić information content (AvgIpc) is 2.46. The number of hydrogen-bond acceptors (Lipinski definition) is 3. The molecule has 0 saturated heterocycles. The Kier molecular flexibility index (Phi) is 5.23. The molecule has 1 N–H and O–H groups in total. The predicted molar refractivity (Wildman–Crippen MR) is 89.8 cm³/mol. The summed E-state index contributed by atoms with van der Waals surface area (Å²) >= 11 is 6.14. The van der Waals surface area contributed by atoms with Crippen LogP contribution in [0.1, 0.15) is 23.6 Å². The molecule has 0 aliphatic rings. The van der Waals surface area contributed by atoms with Crippen molar-refractivity contribution in [3.05, 3.63) is 58.1 Å². The summed E-state index contributed by atoms with van der Waals surface area (Å²) in [5.41, 5.74) is 7.40. The van der Waals surface area contributed by atoms with E-state index in [2.05, 4.69) is 36.5 Å². The van der Waals surface area contributed by atoms with Gasteiger partial charge in [-0.1, -0.05) is 17.7 Å². The quantitative estimate of drug-likeness (QED) is 0.635. The SMILES string of the molecule is CCOc1ccc(/C=N/Nc2ccc(C)c(C)c2)cc1Cl. The molecule has 2 aromatic rings. The number of aryl methyl sites for hydroxylation is 2. The van der Waals surface area contributed by atoms with Crippen LogP contribution in [-0.2, 0) is 0 Å². The van der Waals surface area contributed by atoms with Crippen LogP contribution in [0, 0.1) is 13.8 Å². The van der Waals surface area contributed by atoms with Crippen molar-refractivity contribution in [3.63, 3.8) is 0 Å². The highest BCUT2D eigenvalue weighted by atomic mass is 35.5. The Labute approximate surface area is 130 Å². The van der Waals surface area contributed by atoms with Crippen molar-refractivity contribution in [2.75, 3.05) is 12.0 Å². The van der Waals surface area contributed by atoms with E-state index >= 15 is 0 Å². The van der Waals surface area contributed by atoms with Crippen molar-refractivity contribution in [1.82, 2.24) is 0 Å². The second-order valence-corrected chi connectivity index (χ2v) is 5.20. The molecule has 21 heavy (non-hydrogen) atoms. The van der Waals surface area contributed by atoms with Crippen molar-refractivity contribution in [3.8, 4) is 5.75 Å². The smallest absolute Gasteiger partial charge is 0.137 e. The fraction of sp³-hybridized carbons (Fsp3) is 0.235. The Morgan fingerprint density at radius 2 is 1.95 bits per heavy atom. The minimum atomic E-state index is 0.590. The minimum absolute atomic E-state index is 0.590. The van der Waals surface area contributed by atoms with Gasteiger partial charge < -0.3 is 4.74 Å². The van der Waals surface area contributed by atoms with E-state index in [1.807, 2.05) is 31.2 Å². The number of rotatable bonds is 5. The van der Waals surface area contributed by atoms with E-state index in [0.717, 1.165) is 11.3 Å². The zero-order chi connectivity index (χ0) is 15.2. The van der Waals surface area contributed by atoms with Crippen LogP contribution in [0.3, 0.4) is 0 Å². The van der Waals surface area contributed by atoms with Gasteiger partial charge in [0.2, 0.25) is 0 Å². The first-order chi connectivity index (χ1) is 10.1. The number of nitrogens with zero attached hydrogens (tertiary/aromatic N) is 1. The van der Waals surface area contributed by atoms with Gasteiger partial charge in [0, 0.05) is 0 Å². The lowest BCUT2D eigenvalue weighted by Gasteiger charge is -2.06. The molecule has 0 aliphatic carbocycles. The predicted octanol–water partition coefficient (Wildman–Crippen LogP) is 4.80. The van der Waals surface area contributed by atoms with E-state index in [0.29, 0.717) is 17.4 Å². The van der Waals surface area contributed by atoms with E-state index < -0.39 is 0 Å². The minimum Gasteiger partial charge on any atom is -0.492 e. The first-order valence-corrected chi connectivity index (χ1v) is 7.26. The average molecular weight is 303 g/mol. The zero-order valence-corrected chi connectivity index (χ0v) is 13.2.